The summed E-state index contributed by atoms with van der Waals surface area (Å²) in [5.74, 6) is -0.170. The van der Waals surface area contributed by atoms with Crippen molar-refractivity contribution < 1.29 is 39.8 Å². The highest BCUT2D eigenvalue weighted by molar-refractivity contribution is 5.76. The molecule has 1 fully saturated rings. The highest BCUT2D eigenvalue weighted by Gasteiger charge is 2.44. The Morgan fingerprint density at radius 2 is 0.702 bits per heavy atom. The maximum atomic E-state index is 13.1. The number of aliphatic hydroxyl groups excluding tert-OH is 5. The van der Waals surface area contributed by atoms with Crippen LogP contribution in [0.3, 0.4) is 0 Å². The zero-order valence-electron chi connectivity index (χ0n) is 55.7. The minimum absolute atomic E-state index is 0.170. The summed E-state index contributed by atoms with van der Waals surface area (Å²) in [6, 6.07) is -0.806. The third kappa shape index (κ3) is 52.4. The summed E-state index contributed by atoms with van der Waals surface area (Å²) in [5.41, 5.74) is 0. The van der Waals surface area contributed by atoms with Crippen molar-refractivity contribution >= 4 is 5.91 Å². The summed E-state index contributed by atoms with van der Waals surface area (Å²) < 4.78 is 11.3. The van der Waals surface area contributed by atoms with Gasteiger partial charge in [0.25, 0.3) is 0 Å². The van der Waals surface area contributed by atoms with Gasteiger partial charge in [0.2, 0.25) is 5.91 Å². The number of ether oxygens (including phenoxy) is 2. The maximum Gasteiger partial charge on any atom is 0.220 e. The van der Waals surface area contributed by atoms with Crippen LogP contribution >= 0.6 is 0 Å². The number of unbranched alkanes of at least 4 members (excludes halogenated alkanes) is 52. The predicted octanol–water partition coefficient (Wildman–Crippen LogP) is 20.6. The number of carbonyl (C=O) groups is 1. The molecule has 7 unspecified atom stereocenters. The van der Waals surface area contributed by atoms with Gasteiger partial charge in [0.05, 0.1) is 25.4 Å². The number of hydrogen-bond donors (Lipinski definition) is 6. The van der Waals surface area contributed by atoms with Crippen LogP contribution in [0.25, 0.3) is 0 Å². The van der Waals surface area contributed by atoms with Gasteiger partial charge < -0.3 is 40.3 Å². The van der Waals surface area contributed by atoms with Crippen LogP contribution < -0.4 is 5.32 Å². The van der Waals surface area contributed by atoms with Gasteiger partial charge in [0.1, 0.15) is 24.4 Å². The van der Waals surface area contributed by atoms with E-state index in [1.54, 1.807) is 6.08 Å². The summed E-state index contributed by atoms with van der Waals surface area (Å²) in [7, 11) is 0. The lowest BCUT2D eigenvalue weighted by molar-refractivity contribution is -0.302. The van der Waals surface area contributed by atoms with Crippen molar-refractivity contribution in [3.8, 4) is 0 Å². The molecule has 0 spiro atoms. The minimum atomic E-state index is -1.57. The van der Waals surface area contributed by atoms with Crippen LogP contribution in [-0.4, -0.2) is 87.5 Å². The molecule has 9 heteroatoms. The van der Waals surface area contributed by atoms with Crippen LogP contribution in [0.2, 0.25) is 0 Å². The van der Waals surface area contributed by atoms with Gasteiger partial charge >= 0.3 is 0 Å². The Balaban J connectivity index is 2.08. The molecule has 1 heterocycles. The minimum Gasteiger partial charge on any atom is -0.394 e. The second kappa shape index (κ2) is 64.4. The van der Waals surface area contributed by atoms with Crippen LogP contribution in [-0.2, 0) is 14.3 Å². The molecule has 0 radical (unpaired) electrons. The molecule has 1 aliphatic heterocycles. The van der Waals surface area contributed by atoms with Crippen molar-refractivity contribution in [3.63, 3.8) is 0 Å². The van der Waals surface area contributed by atoms with Crippen LogP contribution in [0.4, 0.5) is 0 Å². The van der Waals surface area contributed by atoms with Gasteiger partial charge in [-0.3, -0.25) is 4.79 Å². The van der Waals surface area contributed by atoms with E-state index < -0.39 is 49.5 Å². The number of amides is 1. The number of rotatable bonds is 66. The van der Waals surface area contributed by atoms with Crippen LogP contribution in [0, 0.1) is 0 Å². The third-order valence-corrected chi connectivity index (χ3v) is 18.0. The van der Waals surface area contributed by atoms with Crippen molar-refractivity contribution in [2.75, 3.05) is 13.2 Å². The number of aliphatic hydroxyl groups is 5. The van der Waals surface area contributed by atoms with E-state index in [1.165, 1.54) is 315 Å². The van der Waals surface area contributed by atoms with Gasteiger partial charge in [-0.2, -0.15) is 0 Å². The Morgan fingerprint density at radius 1 is 0.405 bits per heavy atom. The van der Waals surface area contributed by atoms with E-state index in [4.69, 9.17) is 9.47 Å². The standard InChI is InChI=1S/C75H143NO8/c1-3-5-7-9-11-13-15-17-19-21-23-25-27-29-30-31-32-33-34-35-36-37-38-39-40-41-43-45-47-49-51-53-55-57-59-61-63-65-71(79)76-68(67-83-75-74(82)73(81)72(80)70(66-77)84-75)69(78)64-62-60-58-56-54-52-50-48-46-44-42-28-26-24-22-20-18-16-14-12-10-8-6-4-2/h30-31,33-34,62,64,68-70,72-75,77-78,80-82H,3-29,32,35-61,63,65-67H2,1-2H3,(H,76,79)/b31-30-,34-33-,64-62+. The molecule has 0 aliphatic carbocycles. The van der Waals surface area contributed by atoms with Gasteiger partial charge in [0, 0.05) is 6.42 Å². The summed E-state index contributed by atoms with van der Waals surface area (Å²) in [5, 5.41) is 54.8. The molecule has 84 heavy (non-hydrogen) atoms. The number of allylic oxidation sites excluding steroid dienone is 5. The lowest BCUT2D eigenvalue weighted by atomic mass is 9.99. The zero-order valence-corrected chi connectivity index (χ0v) is 55.7. The van der Waals surface area contributed by atoms with Crippen molar-refractivity contribution in [1.29, 1.82) is 0 Å². The van der Waals surface area contributed by atoms with E-state index in [-0.39, 0.29) is 12.5 Å². The van der Waals surface area contributed by atoms with Gasteiger partial charge in [-0.1, -0.05) is 359 Å². The molecule has 0 aromatic carbocycles. The lowest BCUT2D eigenvalue weighted by Gasteiger charge is -2.40. The topological polar surface area (TPSA) is 149 Å². The fourth-order valence-corrected chi connectivity index (χ4v) is 12.1. The molecule has 1 saturated heterocycles. The summed E-state index contributed by atoms with van der Waals surface area (Å²) in [6.07, 6.45) is 79.9. The number of hydrogen-bond acceptors (Lipinski definition) is 8. The Hall–Kier alpha value is -1.59. The maximum absolute atomic E-state index is 13.1. The van der Waals surface area contributed by atoms with Crippen molar-refractivity contribution in [2.45, 2.75) is 423 Å². The Morgan fingerprint density at radius 3 is 1.02 bits per heavy atom. The Kier molecular flexibility index (Phi) is 61.7. The van der Waals surface area contributed by atoms with E-state index in [0.717, 1.165) is 44.9 Å². The van der Waals surface area contributed by atoms with Crippen LogP contribution in [0.1, 0.15) is 380 Å². The second-order valence-corrected chi connectivity index (χ2v) is 26.1. The summed E-state index contributed by atoms with van der Waals surface area (Å²) in [4.78, 5) is 13.1. The smallest absolute Gasteiger partial charge is 0.220 e. The van der Waals surface area contributed by atoms with Crippen molar-refractivity contribution in [3.05, 3.63) is 36.5 Å². The molecule has 9 nitrogen and oxygen atoms in total. The van der Waals surface area contributed by atoms with E-state index in [1.807, 2.05) is 6.08 Å². The molecule has 6 N–H and O–H groups in total. The van der Waals surface area contributed by atoms with Crippen LogP contribution in [0.5, 0.6) is 0 Å². The van der Waals surface area contributed by atoms with E-state index in [0.29, 0.717) is 6.42 Å². The molecule has 0 saturated carbocycles. The first-order chi connectivity index (χ1) is 41.3. The Bertz CT molecular complexity index is 1420. The number of nitrogens with one attached hydrogen (secondary N) is 1. The van der Waals surface area contributed by atoms with Gasteiger partial charge in [-0.25, -0.2) is 0 Å². The summed E-state index contributed by atoms with van der Waals surface area (Å²) >= 11 is 0. The Labute approximate surface area is 521 Å². The van der Waals surface area contributed by atoms with E-state index >= 15 is 0 Å². The normalized spacial score (nSPS) is 18.3. The molecular formula is C75H143NO8. The van der Waals surface area contributed by atoms with Crippen molar-refractivity contribution in [2.24, 2.45) is 0 Å². The van der Waals surface area contributed by atoms with Crippen molar-refractivity contribution in [1.82, 2.24) is 5.32 Å². The highest BCUT2D eigenvalue weighted by atomic mass is 16.7. The molecular weight excluding hydrogens is 1040 g/mol. The molecule has 496 valence electrons. The van der Waals surface area contributed by atoms with E-state index in [9.17, 15) is 30.3 Å². The average Bonchev–Trinajstić information content (AvgIpc) is 3.70. The first-order valence-electron chi connectivity index (χ1n) is 37.2. The largest absolute Gasteiger partial charge is 0.394 e. The van der Waals surface area contributed by atoms with Gasteiger partial charge in [-0.05, 0) is 51.4 Å². The molecule has 0 bridgehead atoms. The molecule has 7 atom stereocenters. The van der Waals surface area contributed by atoms with Gasteiger partial charge in [0.15, 0.2) is 6.29 Å². The third-order valence-electron chi connectivity index (χ3n) is 18.0. The monoisotopic (exact) mass is 1190 g/mol. The molecule has 1 amide bonds. The molecule has 1 aliphatic rings. The van der Waals surface area contributed by atoms with Crippen LogP contribution in [0.15, 0.2) is 36.5 Å². The zero-order chi connectivity index (χ0) is 60.7. The first kappa shape index (κ1) is 80.4. The lowest BCUT2D eigenvalue weighted by Crippen LogP contribution is -2.60. The van der Waals surface area contributed by atoms with E-state index in [2.05, 4.69) is 43.5 Å². The first-order valence-corrected chi connectivity index (χ1v) is 37.2. The molecule has 1 rings (SSSR count). The average molecular weight is 1190 g/mol. The number of carbonyl (C=O) groups excluding carboxylic acids is 1. The quantitative estimate of drug-likeness (QED) is 0.0261. The predicted molar refractivity (Wildman–Crippen MR) is 360 cm³/mol. The summed E-state index contributed by atoms with van der Waals surface area (Å²) in [6.45, 7) is 3.84. The molecule has 0 aromatic rings. The van der Waals surface area contributed by atoms with Gasteiger partial charge in [-0.15, -0.1) is 0 Å². The molecule has 0 aromatic heterocycles. The second-order valence-electron chi connectivity index (χ2n) is 26.1. The highest BCUT2D eigenvalue weighted by Crippen LogP contribution is 2.24. The SMILES string of the molecule is CCCCCCCCCCCCCCC/C=C\C/C=C\CCCCCCCCCCCCCCCCCCCC(=O)NC(COC1OC(CO)C(O)C(O)C1O)C(O)/C=C/CCCCCCCCCCCCCCCCCCCCCCCC. The fourth-order valence-electron chi connectivity index (χ4n) is 12.1. The fraction of sp³-hybridized carbons (Fsp3) is 0.907.